The molecule has 4 nitrogen and oxygen atoms in total. The molecule has 2 heterocycles. The lowest BCUT2D eigenvalue weighted by atomic mass is 9.87. The Morgan fingerprint density at radius 1 is 0.667 bits per heavy atom. The fourth-order valence-corrected chi connectivity index (χ4v) is 2.57. The molecule has 2 rings (SSSR count). The van der Waals surface area contributed by atoms with Gasteiger partial charge in [-0.1, -0.05) is 63.8 Å². The third kappa shape index (κ3) is 8.80. The van der Waals surface area contributed by atoms with Gasteiger partial charge in [-0.3, -0.25) is 0 Å². The van der Waals surface area contributed by atoms with Crippen LogP contribution in [0.5, 0.6) is 0 Å². The summed E-state index contributed by atoms with van der Waals surface area (Å²) in [4.78, 5) is 0. The Balaban J connectivity index is -0.000000328. The number of rotatable bonds is 1. The maximum Gasteiger partial charge on any atom is 0.170 e. The molecule has 0 saturated carbocycles. The molecule has 2 saturated heterocycles. The molecule has 0 aromatic carbocycles. The minimum atomic E-state index is -0.368. The number of hydrogen-bond acceptors (Lipinski definition) is 4. The van der Waals surface area contributed by atoms with Crippen LogP contribution in [-0.4, -0.2) is 38.0 Å². The summed E-state index contributed by atoms with van der Waals surface area (Å²) in [5.74, 6) is -0.689. The summed E-state index contributed by atoms with van der Waals surface area (Å²) in [6.45, 7) is 19.9. The van der Waals surface area contributed by atoms with Gasteiger partial charge in [-0.2, -0.15) is 0 Å². The maximum atomic E-state index is 5.49. The van der Waals surface area contributed by atoms with Crippen molar-refractivity contribution in [2.75, 3.05) is 26.4 Å². The smallest absolute Gasteiger partial charge is 0.170 e. The first-order chi connectivity index (χ1) is 9.37. The standard InChI is InChI=1S/C9H18O2.C8H16O2.3CH4/c1-8(2,3)7-9(4)10-5-6-11-9;1-7(2,3)8(4)9-5-6-10-8;;;/h5-7H2,1-4H3;5-6H2,1-4H3;3*1H4. The molecule has 0 unspecified atom stereocenters. The van der Waals surface area contributed by atoms with E-state index in [1.54, 1.807) is 0 Å². The normalized spacial score (nSPS) is 21.5. The highest BCUT2D eigenvalue weighted by Gasteiger charge is 2.42. The molecule has 0 bridgehead atoms. The lowest BCUT2D eigenvalue weighted by Crippen LogP contribution is -2.40. The predicted molar refractivity (Wildman–Crippen MR) is 104 cm³/mol. The van der Waals surface area contributed by atoms with E-state index < -0.39 is 0 Å². The fraction of sp³-hybridized carbons (Fsp3) is 1.00. The summed E-state index contributed by atoms with van der Waals surface area (Å²) < 4.78 is 22.0. The van der Waals surface area contributed by atoms with Crippen molar-refractivity contribution in [3.63, 3.8) is 0 Å². The Morgan fingerprint density at radius 2 is 1.00 bits per heavy atom. The summed E-state index contributed by atoms with van der Waals surface area (Å²) >= 11 is 0. The van der Waals surface area contributed by atoms with Gasteiger partial charge in [0.1, 0.15) is 0 Å². The van der Waals surface area contributed by atoms with Crippen LogP contribution in [-0.2, 0) is 18.9 Å². The van der Waals surface area contributed by atoms with E-state index in [2.05, 4.69) is 41.5 Å². The highest BCUT2D eigenvalue weighted by atomic mass is 16.7. The number of hydrogen-bond donors (Lipinski definition) is 0. The molecule has 0 aromatic heterocycles. The first-order valence-electron chi connectivity index (χ1n) is 7.93. The summed E-state index contributed by atoms with van der Waals surface area (Å²) in [6, 6.07) is 0. The Bertz CT molecular complexity index is 314. The molecule has 0 amide bonds. The van der Waals surface area contributed by atoms with Crippen molar-refractivity contribution >= 4 is 0 Å². The van der Waals surface area contributed by atoms with Crippen LogP contribution < -0.4 is 0 Å². The van der Waals surface area contributed by atoms with Crippen LogP contribution in [0, 0.1) is 10.8 Å². The van der Waals surface area contributed by atoms with Crippen LogP contribution >= 0.6 is 0 Å². The Morgan fingerprint density at radius 3 is 1.25 bits per heavy atom. The quantitative estimate of drug-likeness (QED) is 0.591. The Kier molecular flexibility index (Phi) is 12.1. The van der Waals surface area contributed by atoms with Crippen molar-refractivity contribution in [2.24, 2.45) is 10.8 Å². The molecule has 0 atom stereocenters. The maximum absolute atomic E-state index is 5.49. The molecule has 0 aliphatic carbocycles. The van der Waals surface area contributed by atoms with Crippen molar-refractivity contribution in [3.05, 3.63) is 0 Å². The van der Waals surface area contributed by atoms with E-state index in [0.29, 0.717) is 0 Å². The van der Waals surface area contributed by atoms with Crippen molar-refractivity contribution in [3.8, 4) is 0 Å². The third-order valence-electron chi connectivity index (χ3n) is 3.95. The van der Waals surface area contributed by atoms with Crippen molar-refractivity contribution in [2.45, 2.75) is 95.7 Å². The van der Waals surface area contributed by atoms with E-state index in [0.717, 1.165) is 32.8 Å². The predicted octanol–water partition coefficient (Wildman–Crippen LogP) is 5.89. The van der Waals surface area contributed by atoms with E-state index >= 15 is 0 Å². The van der Waals surface area contributed by atoms with Crippen LogP contribution in [0.4, 0.5) is 0 Å². The van der Waals surface area contributed by atoms with Gasteiger partial charge in [0.2, 0.25) is 0 Å². The highest BCUT2D eigenvalue weighted by Crippen LogP contribution is 2.37. The van der Waals surface area contributed by atoms with Gasteiger partial charge in [0, 0.05) is 11.8 Å². The minimum absolute atomic E-state index is 0. The molecule has 0 spiro atoms. The average Bonchev–Trinajstić information content (AvgIpc) is 2.85. The summed E-state index contributed by atoms with van der Waals surface area (Å²) in [6.07, 6.45) is 0.958. The van der Waals surface area contributed by atoms with Gasteiger partial charge in [-0.25, -0.2) is 0 Å². The second kappa shape index (κ2) is 10.1. The SMILES string of the molecule is C.C.C.CC(C)(C)C1(C)OCCO1.CC(C)(C)CC1(C)OCCO1. The van der Waals surface area contributed by atoms with Gasteiger partial charge >= 0.3 is 0 Å². The van der Waals surface area contributed by atoms with Gasteiger partial charge in [-0.15, -0.1) is 0 Å². The van der Waals surface area contributed by atoms with Gasteiger partial charge in [0.25, 0.3) is 0 Å². The molecule has 0 aromatic rings. The van der Waals surface area contributed by atoms with Crippen molar-refractivity contribution in [1.82, 2.24) is 0 Å². The van der Waals surface area contributed by atoms with E-state index in [9.17, 15) is 0 Å². The van der Waals surface area contributed by atoms with E-state index in [4.69, 9.17) is 18.9 Å². The van der Waals surface area contributed by atoms with Crippen LogP contribution in [0.2, 0.25) is 0 Å². The molecule has 24 heavy (non-hydrogen) atoms. The summed E-state index contributed by atoms with van der Waals surface area (Å²) in [7, 11) is 0. The second-order valence-electron chi connectivity index (χ2n) is 8.46. The lowest BCUT2D eigenvalue weighted by molar-refractivity contribution is -0.208. The van der Waals surface area contributed by atoms with Gasteiger partial charge in [0.15, 0.2) is 11.6 Å². The largest absolute Gasteiger partial charge is 0.348 e. The Hall–Kier alpha value is -0.160. The van der Waals surface area contributed by atoms with Crippen molar-refractivity contribution < 1.29 is 18.9 Å². The zero-order valence-corrected chi connectivity index (χ0v) is 15.2. The van der Waals surface area contributed by atoms with Crippen molar-refractivity contribution in [1.29, 1.82) is 0 Å². The molecule has 2 fully saturated rings. The zero-order chi connectivity index (χ0) is 16.4. The number of ether oxygens (including phenoxy) is 4. The minimum Gasteiger partial charge on any atom is -0.348 e. The van der Waals surface area contributed by atoms with E-state index in [-0.39, 0.29) is 44.7 Å². The molecular weight excluding hydrogens is 304 g/mol. The molecule has 2 aliphatic heterocycles. The highest BCUT2D eigenvalue weighted by molar-refractivity contribution is 4.82. The molecule has 0 radical (unpaired) electrons. The lowest BCUT2D eigenvalue weighted by Gasteiger charge is -2.36. The van der Waals surface area contributed by atoms with E-state index in [1.807, 2.05) is 13.8 Å². The molecule has 0 N–H and O–H groups in total. The first kappa shape index (κ1) is 28.6. The van der Waals surface area contributed by atoms with Gasteiger partial charge < -0.3 is 18.9 Å². The average molecular weight is 351 g/mol. The van der Waals surface area contributed by atoms with Crippen LogP contribution in [0.3, 0.4) is 0 Å². The monoisotopic (exact) mass is 350 g/mol. The van der Waals surface area contributed by atoms with E-state index in [1.165, 1.54) is 0 Å². The summed E-state index contributed by atoms with van der Waals surface area (Å²) in [5.41, 5.74) is 0.350. The molecular formula is C20H46O4. The topological polar surface area (TPSA) is 36.9 Å². The van der Waals surface area contributed by atoms with Crippen LogP contribution in [0.25, 0.3) is 0 Å². The van der Waals surface area contributed by atoms with Crippen LogP contribution in [0.1, 0.15) is 84.1 Å². The third-order valence-corrected chi connectivity index (χ3v) is 3.95. The molecule has 4 heteroatoms. The fourth-order valence-electron chi connectivity index (χ4n) is 2.57. The van der Waals surface area contributed by atoms with Gasteiger partial charge in [0.05, 0.1) is 26.4 Å². The van der Waals surface area contributed by atoms with Gasteiger partial charge in [-0.05, 0) is 19.3 Å². The summed E-state index contributed by atoms with van der Waals surface area (Å²) in [5, 5.41) is 0. The van der Waals surface area contributed by atoms with Crippen LogP contribution in [0.15, 0.2) is 0 Å². The molecule has 2 aliphatic rings. The Labute approximate surface area is 152 Å². The second-order valence-corrected chi connectivity index (χ2v) is 8.46. The first-order valence-corrected chi connectivity index (χ1v) is 7.93. The zero-order valence-electron chi connectivity index (χ0n) is 15.2. The molecule has 150 valence electrons.